The number of anilines is 1. The summed E-state index contributed by atoms with van der Waals surface area (Å²) in [4.78, 5) is 37.9. The number of rotatable bonds is 8. The Morgan fingerprint density at radius 1 is 1.24 bits per heavy atom. The minimum atomic E-state index is 0.00287. The molecule has 8 heteroatoms. The van der Waals surface area contributed by atoms with Crippen molar-refractivity contribution in [1.29, 1.82) is 5.41 Å². The number of hydrogen-bond donors (Lipinski definition) is 2. The van der Waals surface area contributed by atoms with E-state index in [1.165, 1.54) is 6.07 Å². The van der Waals surface area contributed by atoms with Gasteiger partial charge in [-0.05, 0) is 44.4 Å². The van der Waals surface area contributed by atoms with Crippen LogP contribution >= 0.6 is 11.6 Å². The third kappa shape index (κ3) is 15.5. The van der Waals surface area contributed by atoms with Gasteiger partial charge in [0.25, 0.3) is 0 Å². The van der Waals surface area contributed by atoms with Crippen LogP contribution in [0.4, 0.5) is 5.82 Å². The number of benzene rings is 1. The molecular weight excluding hydrogens is 550 g/mol. The molecule has 1 aliphatic rings. The molecule has 7 nitrogen and oxygen atoms in total. The van der Waals surface area contributed by atoms with Gasteiger partial charge in [-0.1, -0.05) is 84.5 Å². The second kappa shape index (κ2) is 24.1. The Balaban J connectivity index is 0. The number of Topliss-reactive ketones (excluding diaryl/α,β-unsaturated/α-hetero) is 1. The van der Waals surface area contributed by atoms with Crippen LogP contribution < -0.4 is 4.90 Å². The number of halogens is 1. The quantitative estimate of drug-likeness (QED) is 0.180. The summed E-state index contributed by atoms with van der Waals surface area (Å²) in [6, 6.07) is 8.43. The van der Waals surface area contributed by atoms with E-state index in [0.29, 0.717) is 35.1 Å². The highest BCUT2D eigenvalue weighted by molar-refractivity contribution is 6.30. The van der Waals surface area contributed by atoms with E-state index in [9.17, 15) is 19.5 Å². The number of carbonyl (C=O) groups excluding carboxylic acids is 3. The number of phenolic OH excluding ortho intramolecular Hbond substituents is 1. The van der Waals surface area contributed by atoms with E-state index in [0.717, 1.165) is 49.9 Å². The third-order valence-electron chi connectivity index (χ3n) is 6.18. The number of pyridine rings is 1. The summed E-state index contributed by atoms with van der Waals surface area (Å²) < 4.78 is 0. The summed E-state index contributed by atoms with van der Waals surface area (Å²) in [5.41, 5.74) is 1.49. The minimum absolute atomic E-state index is 0.00287. The Morgan fingerprint density at radius 3 is 2.29 bits per heavy atom. The molecule has 1 aromatic carbocycles. The zero-order valence-corrected chi connectivity index (χ0v) is 27.4. The van der Waals surface area contributed by atoms with Gasteiger partial charge in [-0.2, -0.15) is 0 Å². The lowest BCUT2D eigenvalue weighted by atomic mass is 10.1. The number of ketones is 1. The van der Waals surface area contributed by atoms with Crippen molar-refractivity contribution in [2.75, 3.05) is 11.4 Å². The van der Waals surface area contributed by atoms with E-state index in [4.69, 9.17) is 23.4 Å². The number of hydrogen-bond acceptors (Lipinski definition) is 6. The molecule has 0 radical (unpaired) electrons. The molecule has 3 rings (SSSR count). The molecule has 2 aromatic rings. The molecule has 0 saturated heterocycles. The van der Waals surface area contributed by atoms with Crippen LogP contribution in [-0.2, 0) is 14.4 Å². The van der Waals surface area contributed by atoms with Gasteiger partial charge in [-0.25, -0.2) is 4.98 Å². The number of terminal acetylenes is 1. The number of nitrogens with one attached hydrogen (secondary N) is 1. The molecule has 2 atom stereocenters. The van der Waals surface area contributed by atoms with Gasteiger partial charge in [0.1, 0.15) is 29.3 Å². The average molecular weight is 600 g/mol. The molecule has 2 N–H and O–H groups in total. The van der Waals surface area contributed by atoms with Crippen LogP contribution in [0.25, 0.3) is 0 Å². The largest absolute Gasteiger partial charge is 0.507 e. The predicted molar refractivity (Wildman–Crippen MR) is 176 cm³/mol. The molecule has 1 unspecified atom stereocenters. The number of phenols is 1. The van der Waals surface area contributed by atoms with Crippen molar-refractivity contribution in [2.45, 2.75) is 99.8 Å². The monoisotopic (exact) mass is 599 g/mol. The Labute approximate surface area is 258 Å². The first-order chi connectivity index (χ1) is 20.0. The van der Waals surface area contributed by atoms with Gasteiger partial charge in [0.15, 0.2) is 0 Å². The number of aldehydes is 1. The Morgan fingerprint density at radius 2 is 1.86 bits per heavy atom. The van der Waals surface area contributed by atoms with Crippen LogP contribution in [0, 0.1) is 23.7 Å². The molecule has 1 aliphatic heterocycles. The average Bonchev–Trinajstić information content (AvgIpc) is 3.33. The topological polar surface area (TPSA) is 111 Å². The highest BCUT2D eigenvalue weighted by Crippen LogP contribution is 2.36. The molecule has 0 saturated carbocycles. The summed E-state index contributed by atoms with van der Waals surface area (Å²) in [6.07, 6.45) is 12.8. The standard InChI is InChI=1S/C13H17ClN2O.C9H7NO.C6H12O.C4H8O.C2H6/c1-3-4-5-12(17)16-8-9(2)11-6-10(14)7-15-13(11)16;1-2-8(10)7-5-3-4-6-9(7)11;1-4-5(2)6(3)7;1-2-3-4-5;1-2/h6-7,9H,3-5,8H2,1-2H3;1,3-6,10-11H;5H,4H2,1-3H3;4H,2-3H2,1H3;1-2H3/t;;5-;;/m..1../s1. The first kappa shape index (κ1) is 40.6. The number of aromatic hydroxyl groups is 1. The van der Waals surface area contributed by atoms with Crippen molar-refractivity contribution in [2.24, 2.45) is 5.92 Å². The summed E-state index contributed by atoms with van der Waals surface area (Å²) >= 11 is 5.93. The van der Waals surface area contributed by atoms with Crippen molar-refractivity contribution in [3.05, 3.63) is 52.7 Å². The lowest BCUT2D eigenvalue weighted by molar-refractivity contribution is -0.120. The van der Waals surface area contributed by atoms with Crippen molar-refractivity contribution in [3.8, 4) is 18.1 Å². The first-order valence-corrected chi connectivity index (χ1v) is 15.1. The molecule has 0 aliphatic carbocycles. The fourth-order valence-corrected chi connectivity index (χ4v) is 3.51. The molecule has 1 amide bonds. The number of para-hydroxylation sites is 1. The van der Waals surface area contributed by atoms with Crippen LogP contribution in [0.15, 0.2) is 36.5 Å². The number of carbonyl (C=O) groups is 3. The van der Waals surface area contributed by atoms with Crippen LogP contribution in [0.2, 0.25) is 5.02 Å². The molecule has 0 bridgehead atoms. The number of nitrogens with zero attached hydrogens (tertiary/aromatic N) is 2. The summed E-state index contributed by atoms with van der Waals surface area (Å²) in [5.74, 6) is 4.04. The Kier molecular flexibility index (Phi) is 23.3. The predicted octanol–water partition coefficient (Wildman–Crippen LogP) is 8.40. The third-order valence-corrected chi connectivity index (χ3v) is 6.39. The zero-order valence-electron chi connectivity index (χ0n) is 26.7. The van der Waals surface area contributed by atoms with Crippen molar-refractivity contribution in [1.82, 2.24) is 4.98 Å². The molecule has 2 heterocycles. The minimum Gasteiger partial charge on any atom is -0.507 e. The molecule has 232 valence electrons. The maximum Gasteiger partial charge on any atom is 0.228 e. The van der Waals surface area contributed by atoms with Crippen LogP contribution in [0.1, 0.15) is 111 Å². The maximum atomic E-state index is 12.1. The van der Waals surface area contributed by atoms with Gasteiger partial charge >= 0.3 is 0 Å². The molecular formula is C34H50ClN3O4. The second-order valence-electron chi connectivity index (χ2n) is 9.49. The lowest BCUT2D eigenvalue weighted by Crippen LogP contribution is -2.29. The van der Waals surface area contributed by atoms with E-state index in [1.54, 1.807) is 36.2 Å². The molecule has 0 spiro atoms. The summed E-state index contributed by atoms with van der Waals surface area (Å²) in [5, 5.41) is 17.0. The highest BCUT2D eigenvalue weighted by Gasteiger charge is 2.30. The zero-order chi connectivity index (χ0) is 32.7. The number of aromatic nitrogens is 1. The van der Waals surface area contributed by atoms with Crippen molar-refractivity contribution >= 4 is 41.1 Å². The van der Waals surface area contributed by atoms with Gasteiger partial charge in [0, 0.05) is 48.5 Å². The van der Waals surface area contributed by atoms with Crippen LogP contribution in [-0.4, -0.2) is 40.3 Å². The number of unbranched alkanes of at least 4 members (excludes halogenated alkanes) is 2. The number of amides is 1. The Bertz CT molecular complexity index is 1140. The van der Waals surface area contributed by atoms with Crippen LogP contribution in [0.5, 0.6) is 5.75 Å². The fourth-order valence-electron chi connectivity index (χ4n) is 3.35. The van der Waals surface area contributed by atoms with Gasteiger partial charge in [0.05, 0.1) is 5.02 Å². The van der Waals surface area contributed by atoms with Crippen molar-refractivity contribution in [3.63, 3.8) is 0 Å². The second-order valence-corrected chi connectivity index (χ2v) is 9.92. The van der Waals surface area contributed by atoms with E-state index in [-0.39, 0.29) is 23.3 Å². The normalized spacial score (nSPS) is 13.0. The molecule has 1 aromatic heterocycles. The molecule has 42 heavy (non-hydrogen) atoms. The SMILES string of the molecule is C#CC(=N)c1ccccc1O.CC.CCCC=O.CCCCC(=O)N1CC(C)c2cc(Cl)cnc21.CC[C@@H](C)C(C)=O. The van der Waals surface area contributed by atoms with Crippen LogP contribution in [0.3, 0.4) is 0 Å². The first-order valence-electron chi connectivity index (χ1n) is 14.7. The fraction of sp³-hybridized carbons (Fsp3) is 0.500. The van der Waals surface area contributed by atoms with E-state index in [1.807, 2.05) is 40.7 Å². The summed E-state index contributed by atoms with van der Waals surface area (Å²) in [7, 11) is 0. The van der Waals surface area contributed by atoms with E-state index < -0.39 is 0 Å². The van der Waals surface area contributed by atoms with Gasteiger partial charge in [0.2, 0.25) is 5.91 Å². The van der Waals surface area contributed by atoms with Gasteiger partial charge in [-0.15, -0.1) is 6.42 Å². The van der Waals surface area contributed by atoms with Gasteiger partial charge in [-0.3, -0.25) is 19.9 Å². The Hall–Kier alpha value is -3.50. The van der Waals surface area contributed by atoms with E-state index in [2.05, 4.69) is 24.8 Å². The maximum absolute atomic E-state index is 12.1. The van der Waals surface area contributed by atoms with Gasteiger partial charge < -0.3 is 9.90 Å². The van der Waals surface area contributed by atoms with Crippen molar-refractivity contribution < 1.29 is 19.5 Å². The lowest BCUT2D eigenvalue weighted by Gasteiger charge is -2.16. The smallest absolute Gasteiger partial charge is 0.228 e. The molecule has 0 fully saturated rings. The summed E-state index contributed by atoms with van der Waals surface area (Å²) in [6.45, 7) is 16.5. The highest BCUT2D eigenvalue weighted by atomic mass is 35.5. The number of fused-ring (bicyclic) bond motifs is 1. The van der Waals surface area contributed by atoms with E-state index >= 15 is 0 Å².